The summed E-state index contributed by atoms with van der Waals surface area (Å²) < 4.78 is 6.58. The molecule has 2 rings (SSSR count). The van der Waals surface area contributed by atoms with Crippen LogP contribution in [0.5, 0.6) is 5.75 Å². The van der Waals surface area contributed by atoms with Crippen molar-refractivity contribution in [2.45, 2.75) is 13.0 Å². The van der Waals surface area contributed by atoms with Crippen LogP contribution in [0.25, 0.3) is 0 Å². The van der Waals surface area contributed by atoms with Crippen LogP contribution in [0.3, 0.4) is 0 Å². The molecule has 100 valence electrons. The Morgan fingerprint density at radius 2 is 2.05 bits per heavy atom. The number of aromatic nitrogens is 1. The van der Waals surface area contributed by atoms with Crippen LogP contribution < -0.4 is 10.5 Å². The summed E-state index contributed by atoms with van der Waals surface area (Å²) in [5, 5.41) is 1.14. The minimum atomic E-state index is -0.261. The highest BCUT2D eigenvalue weighted by Gasteiger charge is 2.14. The van der Waals surface area contributed by atoms with E-state index in [1.165, 1.54) is 0 Å². The SMILES string of the molecule is CC(Oc1cc(Br)cnc1N)c1ccc(Cl)cc1Cl. The predicted octanol–water partition coefficient (Wildman–Crippen LogP) is 4.87. The van der Waals surface area contributed by atoms with Crippen molar-refractivity contribution in [2.75, 3.05) is 5.73 Å². The van der Waals surface area contributed by atoms with Gasteiger partial charge in [-0.05, 0) is 41.1 Å². The third kappa shape index (κ3) is 3.53. The lowest BCUT2D eigenvalue weighted by Gasteiger charge is -2.17. The summed E-state index contributed by atoms with van der Waals surface area (Å²) in [5.41, 5.74) is 6.61. The molecule has 1 aromatic heterocycles. The molecule has 2 N–H and O–H groups in total. The largest absolute Gasteiger partial charge is 0.482 e. The van der Waals surface area contributed by atoms with Gasteiger partial charge in [0.05, 0.1) is 0 Å². The van der Waals surface area contributed by atoms with E-state index in [0.717, 1.165) is 10.0 Å². The number of ether oxygens (including phenoxy) is 1. The third-order valence-electron chi connectivity index (χ3n) is 2.55. The van der Waals surface area contributed by atoms with Crippen LogP contribution in [0.4, 0.5) is 5.82 Å². The van der Waals surface area contributed by atoms with E-state index >= 15 is 0 Å². The van der Waals surface area contributed by atoms with Crippen LogP contribution in [0.1, 0.15) is 18.6 Å². The fourth-order valence-electron chi connectivity index (χ4n) is 1.61. The summed E-state index contributed by atoms with van der Waals surface area (Å²) in [6.07, 6.45) is 1.35. The van der Waals surface area contributed by atoms with E-state index < -0.39 is 0 Å². The monoisotopic (exact) mass is 360 g/mol. The van der Waals surface area contributed by atoms with E-state index in [0.29, 0.717) is 21.6 Å². The second-order valence-corrected chi connectivity index (χ2v) is 5.72. The van der Waals surface area contributed by atoms with E-state index in [4.69, 9.17) is 33.7 Å². The topological polar surface area (TPSA) is 48.1 Å². The highest BCUT2D eigenvalue weighted by atomic mass is 79.9. The minimum Gasteiger partial charge on any atom is -0.482 e. The molecule has 0 amide bonds. The molecule has 1 heterocycles. The van der Waals surface area contributed by atoms with Gasteiger partial charge in [-0.25, -0.2) is 4.98 Å². The zero-order valence-corrected chi connectivity index (χ0v) is 13.1. The number of nitrogen functional groups attached to an aromatic ring is 1. The Bertz CT molecular complexity index is 607. The van der Waals surface area contributed by atoms with Crippen molar-refractivity contribution in [1.29, 1.82) is 0 Å². The Kier molecular flexibility index (Phi) is 4.55. The van der Waals surface area contributed by atoms with Crippen LogP contribution in [-0.4, -0.2) is 4.98 Å². The third-order valence-corrected chi connectivity index (χ3v) is 3.55. The number of nitrogens with two attached hydrogens (primary N) is 1. The van der Waals surface area contributed by atoms with Crippen LogP contribution in [0.15, 0.2) is 34.9 Å². The van der Waals surface area contributed by atoms with E-state index in [2.05, 4.69) is 20.9 Å². The fourth-order valence-corrected chi connectivity index (χ4v) is 2.48. The van der Waals surface area contributed by atoms with Gasteiger partial charge in [0.15, 0.2) is 11.6 Å². The van der Waals surface area contributed by atoms with Gasteiger partial charge in [-0.3, -0.25) is 0 Å². The molecule has 19 heavy (non-hydrogen) atoms. The first kappa shape index (κ1) is 14.4. The second kappa shape index (κ2) is 5.99. The first-order chi connectivity index (χ1) is 8.97. The Morgan fingerprint density at radius 3 is 2.74 bits per heavy atom. The molecular weight excluding hydrogens is 351 g/mol. The maximum atomic E-state index is 6.14. The van der Waals surface area contributed by atoms with Gasteiger partial charge >= 0.3 is 0 Å². The van der Waals surface area contributed by atoms with Crippen molar-refractivity contribution in [1.82, 2.24) is 4.98 Å². The van der Waals surface area contributed by atoms with Gasteiger partial charge in [0.2, 0.25) is 0 Å². The van der Waals surface area contributed by atoms with Crippen molar-refractivity contribution in [2.24, 2.45) is 0 Å². The Labute approximate surface area is 129 Å². The molecule has 0 radical (unpaired) electrons. The molecule has 3 nitrogen and oxygen atoms in total. The van der Waals surface area contributed by atoms with Gasteiger partial charge in [-0.15, -0.1) is 0 Å². The zero-order valence-electron chi connectivity index (χ0n) is 10.0. The summed E-state index contributed by atoms with van der Waals surface area (Å²) in [6.45, 7) is 1.88. The Hall–Kier alpha value is -0.970. The standard InChI is InChI=1S/C13H11BrCl2N2O/c1-7(10-3-2-9(15)5-11(10)16)19-12-4-8(14)6-18-13(12)17/h2-7H,1H3,(H2,17,18). The van der Waals surface area contributed by atoms with E-state index in [1.54, 1.807) is 24.4 Å². The fraction of sp³-hybridized carbons (Fsp3) is 0.154. The molecule has 2 aromatic rings. The average molecular weight is 362 g/mol. The molecule has 0 spiro atoms. The number of anilines is 1. The van der Waals surface area contributed by atoms with Gasteiger partial charge in [-0.2, -0.15) is 0 Å². The van der Waals surface area contributed by atoms with Crippen molar-refractivity contribution in [3.05, 3.63) is 50.5 Å². The molecule has 0 saturated carbocycles. The van der Waals surface area contributed by atoms with E-state index in [9.17, 15) is 0 Å². The first-order valence-electron chi connectivity index (χ1n) is 5.50. The molecule has 0 bridgehead atoms. The van der Waals surface area contributed by atoms with Gasteiger partial charge in [0.25, 0.3) is 0 Å². The molecule has 0 aliphatic carbocycles. The van der Waals surface area contributed by atoms with Gasteiger partial charge in [-0.1, -0.05) is 29.3 Å². The highest BCUT2D eigenvalue weighted by molar-refractivity contribution is 9.10. The van der Waals surface area contributed by atoms with Crippen LogP contribution in [-0.2, 0) is 0 Å². The summed E-state index contributed by atoms with van der Waals surface area (Å²) >= 11 is 15.3. The molecular formula is C13H11BrCl2N2O. The van der Waals surface area contributed by atoms with Gasteiger partial charge in [0, 0.05) is 26.3 Å². The van der Waals surface area contributed by atoms with Crippen molar-refractivity contribution < 1.29 is 4.74 Å². The highest BCUT2D eigenvalue weighted by Crippen LogP contribution is 2.32. The van der Waals surface area contributed by atoms with Crippen molar-refractivity contribution in [3.8, 4) is 5.75 Å². The average Bonchev–Trinajstić information content (AvgIpc) is 2.33. The second-order valence-electron chi connectivity index (χ2n) is 3.96. The summed E-state index contributed by atoms with van der Waals surface area (Å²) in [6, 6.07) is 7.05. The minimum absolute atomic E-state index is 0.261. The maximum Gasteiger partial charge on any atom is 0.166 e. The van der Waals surface area contributed by atoms with Gasteiger partial charge < -0.3 is 10.5 Å². The van der Waals surface area contributed by atoms with Crippen molar-refractivity contribution in [3.63, 3.8) is 0 Å². The lowest BCUT2D eigenvalue weighted by Crippen LogP contribution is -2.06. The van der Waals surface area contributed by atoms with Crippen LogP contribution in [0, 0.1) is 0 Å². The zero-order chi connectivity index (χ0) is 14.0. The normalized spacial score (nSPS) is 12.2. The number of hydrogen-bond acceptors (Lipinski definition) is 3. The number of hydrogen-bond donors (Lipinski definition) is 1. The van der Waals surface area contributed by atoms with E-state index in [1.807, 2.05) is 13.0 Å². The molecule has 0 aliphatic rings. The molecule has 1 aromatic carbocycles. The van der Waals surface area contributed by atoms with Crippen molar-refractivity contribution >= 4 is 44.9 Å². The number of pyridine rings is 1. The van der Waals surface area contributed by atoms with E-state index in [-0.39, 0.29) is 6.10 Å². The number of halogens is 3. The number of nitrogens with zero attached hydrogens (tertiary/aromatic N) is 1. The van der Waals surface area contributed by atoms with Gasteiger partial charge in [0.1, 0.15) is 6.10 Å². The lowest BCUT2D eigenvalue weighted by molar-refractivity contribution is 0.227. The lowest BCUT2D eigenvalue weighted by atomic mass is 10.1. The summed E-state index contributed by atoms with van der Waals surface area (Å²) in [7, 11) is 0. The Balaban J connectivity index is 2.25. The smallest absolute Gasteiger partial charge is 0.166 e. The van der Waals surface area contributed by atoms with Crippen LogP contribution >= 0.6 is 39.1 Å². The molecule has 0 fully saturated rings. The molecule has 1 unspecified atom stereocenters. The summed E-state index contributed by atoms with van der Waals surface area (Å²) in [5.74, 6) is 0.841. The van der Waals surface area contributed by atoms with Crippen LogP contribution in [0.2, 0.25) is 10.0 Å². The molecule has 0 aliphatic heterocycles. The predicted molar refractivity (Wildman–Crippen MR) is 81.9 cm³/mol. The molecule has 6 heteroatoms. The Morgan fingerprint density at radius 1 is 1.32 bits per heavy atom. The first-order valence-corrected chi connectivity index (χ1v) is 7.05. The molecule has 0 saturated heterocycles. The molecule has 1 atom stereocenters. The summed E-state index contributed by atoms with van der Waals surface area (Å²) in [4.78, 5) is 4.01. The quantitative estimate of drug-likeness (QED) is 0.847. The number of rotatable bonds is 3. The maximum absolute atomic E-state index is 6.14. The number of benzene rings is 1.